The molecule has 0 heterocycles. The van der Waals surface area contributed by atoms with Gasteiger partial charge in [-0.15, -0.1) is 11.8 Å². The third-order valence-electron chi connectivity index (χ3n) is 1.14. The first kappa shape index (κ1) is 13.8. The number of carbonyl (C=O) groups is 2. The van der Waals surface area contributed by atoms with Gasteiger partial charge in [-0.3, -0.25) is 0 Å². The first-order valence-electron chi connectivity index (χ1n) is 4.52. The molecule has 0 unspecified atom stereocenters. The summed E-state index contributed by atoms with van der Waals surface area (Å²) in [5.41, 5.74) is 0. The van der Waals surface area contributed by atoms with Crippen LogP contribution in [-0.2, 0) is 19.1 Å². The Morgan fingerprint density at radius 2 is 1.40 bits per heavy atom. The van der Waals surface area contributed by atoms with E-state index in [2.05, 4.69) is 9.47 Å². The van der Waals surface area contributed by atoms with Crippen LogP contribution in [0.15, 0.2) is 23.0 Å². The smallest absolute Gasteiger partial charge is 0.331 e. The number of thioether (sulfide) groups is 1. The summed E-state index contributed by atoms with van der Waals surface area (Å²) in [5, 5.41) is 3.07. The maximum absolute atomic E-state index is 10.8. The fraction of sp³-hybridized carbons (Fsp3) is 0.400. The van der Waals surface area contributed by atoms with Gasteiger partial charge in [-0.1, -0.05) is 0 Å². The minimum atomic E-state index is -0.394. The van der Waals surface area contributed by atoms with E-state index in [-0.39, 0.29) is 0 Å². The number of hydrogen-bond donors (Lipinski definition) is 0. The monoisotopic (exact) mass is 230 g/mol. The number of ether oxygens (including phenoxy) is 2. The van der Waals surface area contributed by atoms with Gasteiger partial charge < -0.3 is 9.47 Å². The van der Waals surface area contributed by atoms with Crippen LogP contribution in [0, 0.1) is 0 Å². The highest BCUT2D eigenvalue weighted by Crippen LogP contribution is 2.04. The first-order chi connectivity index (χ1) is 7.20. The van der Waals surface area contributed by atoms with E-state index < -0.39 is 11.9 Å². The maximum Gasteiger partial charge on any atom is 0.331 e. The van der Waals surface area contributed by atoms with Crippen LogP contribution < -0.4 is 0 Å². The summed E-state index contributed by atoms with van der Waals surface area (Å²) in [6.07, 6.45) is 2.59. The highest BCUT2D eigenvalue weighted by molar-refractivity contribution is 8.04. The Morgan fingerprint density at radius 3 is 1.73 bits per heavy atom. The van der Waals surface area contributed by atoms with E-state index in [1.807, 2.05) is 0 Å². The van der Waals surface area contributed by atoms with Gasteiger partial charge in [0.05, 0.1) is 13.2 Å². The van der Waals surface area contributed by atoms with Crippen molar-refractivity contribution >= 4 is 23.7 Å². The molecule has 0 fully saturated rings. The second-order valence-electron chi connectivity index (χ2n) is 2.25. The standard InChI is InChI=1S/C10H14O4S/c1-3-13-9(11)5-7-15-8-6-10(12)14-4-2/h5-8H,3-4H2,1-2H3/b7-5-,8-6-. The van der Waals surface area contributed by atoms with E-state index in [4.69, 9.17) is 0 Å². The Labute approximate surface area is 93.3 Å². The van der Waals surface area contributed by atoms with Gasteiger partial charge in [0.2, 0.25) is 0 Å². The number of rotatable bonds is 6. The van der Waals surface area contributed by atoms with Crippen molar-refractivity contribution < 1.29 is 19.1 Å². The third kappa shape index (κ3) is 9.08. The molecule has 0 aromatic carbocycles. The van der Waals surface area contributed by atoms with Gasteiger partial charge in [0.25, 0.3) is 0 Å². The van der Waals surface area contributed by atoms with Gasteiger partial charge in [-0.05, 0) is 24.7 Å². The Bertz CT molecular complexity index is 232. The largest absolute Gasteiger partial charge is 0.463 e. The lowest BCUT2D eigenvalue weighted by Crippen LogP contribution is -1.98. The van der Waals surface area contributed by atoms with Crippen molar-refractivity contribution in [1.29, 1.82) is 0 Å². The van der Waals surface area contributed by atoms with Crippen LogP contribution in [0.25, 0.3) is 0 Å². The molecule has 0 atom stereocenters. The van der Waals surface area contributed by atoms with E-state index in [1.54, 1.807) is 13.8 Å². The summed E-state index contributed by atoms with van der Waals surface area (Å²) in [6.45, 7) is 4.18. The van der Waals surface area contributed by atoms with Crippen LogP contribution in [-0.4, -0.2) is 25.2 Å². The van der Waals surface area contributed by atoms with Crippen molar-refractivity contribution in [3.63, 3.8) is 0 Å². The van der Waals surface area contributed by atoms with Crippen LogP contribution in [0.1, 0.15) is 13.8 Å². The minimum absolute atomic E-state index is 0.354. The molecule has 0 bridgehead atoms. The van der Waals surface area contributed by atoms with Gasteiger partial charge in [0, 0.05) is 12.2 Å². The van der Waals surface area contributed by atoms with Crippen molar-refractivity contribution in [1.82, 2.24) is 0 Å². The highest BCUT2D eigenvalue weighted by Gasteiger charge is 1.93. The molecule has 0 aliphatic heterocycles. The zero-order chi connectivity index (χ0) is 11.5. The molecule has 0 radical (unpaired) electrons. The van der Waals surface area contributed by atoms with E-state index >= 15 is 0 Å². The molecule has 0 aliphatic carbocycles. The lowest BCUT2D eigenvalue weighted by Gasteiger charge is -1.94. The molecule has 84 valence electrons. The first-order valence-corrected chi connectivity index (χ1v) is 5.47. The molecule has 0 aromatic rings. The Hall–Kier alpha value is -1.23. The zero-order valence-electron chi connectivity index (χ0n) is 8.76. The molecule has 0 aromatic heterocycles. The molecule has 0 saturated carbocycles. The number of esters is 2. The van der Waals surface area contributed by atoms with E-state index in [9.17, 15) is 9.59 Å². The molecule has 15 heavy (non-hydrogen) atoms. The SMILES string of the molecule is CCOC(=O)/C=C\S/C=C\C(=O)OCC. The molecule has 0 saturated heterocycles. The average molecular weight is 230 g/mol. The molecule has 0 N–H and O–H groups in total. The van der Waals surface area contributed by atoms with Crippen molar-refractivity contribution in [3.05, 3.63) is 23.0 Å². The van der Waals surface area contributed by atoms with Crippen LogP contribution >= 0.6 is 11.8 Å². The van der Waals surface area contributed by atoms with Crippen molar-refractivity contribution in [3.8, 4) is 0 Å². The number of hydrogen-bond acceptors (Lipinski definition) is 5. The summed E-state index contributed by atoms with van der Waals surface area (Å²) in [7, 11) is 0. The summed E-state index contributed by atoms with van der Waals surface area (Å²) in [5.74, 6) is -0.788. The molecular formula is C10H14O4S. The van der Waals surface area contributed by atoms with Crippen molar-refractivity contribution in [2.24, 2.45) is 0 Å². The van der Waals surface area contributed by atoms with Gasteiger partial charge in [0.1, 0.15) is 0 Å². The Balaban J connectivity index is 3.68. The zero-order valence-corrected chi connectivity index (χ0v) is 9.58. The fourth-order valence-electron chi connectivity index (χ4n) is 0.616. The van der Waals surface area contributed by atoms with Gasteiger partial charge in [-0.2, -0.15) is 0 Å². The molecule has 0 amide bonds. The van der Waals surface area contributed by atoms with Crippen molar-refractivity contribution in [2.45, 2.75) is 13.8 Å². The van der Waals surface area contributed by atoms with E-state index in [0.29, 0.717) is 13.2 Å². The van der Waals surface area contributed by atoms with E-state index in [0.717, 1.165) is 0 Å². The molecule has 0 spiro atoms. The van der Waals surface area contributed by atoms with Crippen LogP contribution in [0.4, 0.5) is 0 Å². The van der Waals surface area contributed by atoms with Gasteiger partial charge >= 0.3 is 11.9 Å². The third-order valence-corrected chi connectivity index (χ3v) is 1.73. The Morgan fingerprint density at radius 1 is 1.00 bits per heavy atom. The molecule has 5 heteroatoms. The van der Waals surface area contributed by atoms with Crippen LogP contribution in [0.5, 0.6) is 0 Å². The topological polar surface area (TPSA) is 52.6 Å². The molecule has 0 rings (SSSR count). The summed E-state index contributed by atoms with van der Waals surface area (Å²) < 4.78 is 9.31. The quantitative estimate of drug-likeness (QED) is 0.515. The van der Waals surface area contributed by atoms with E-state index in [1.165, 1.54) is 34.7 Å². The lowest BCUT2D eigenvalue weighted by atomic mass is 10.6. The van der Waals surface area contributed by atoms with Crippen molar-refractivity contribution in [2.75, 3.05) is 13.2 Å². The maximum atomic E-state index is 10.8. The summed E-state index contributed by atoms with van der Waals surface area (Å²) >= 11 is 1.20. The van der Waals surface area contributed by atoms with Gasteiger partial charge in [0.15, 0.2) is 0 Å². The summed E-state index contributed by atoms with van der Waals surface area (Å²) in [4.78, 5) is 21.6. The normalized spacial score (nSPS) is 10.8. The molecule has 4 nitrogen and oxygen atoms in total. The summed E-state index contributed by atoms with van der Waals surface area (Å²) in [6, 6.07) is 0. The van der Waals surface area contributed by atoms with Crippen LogP contribution in [0.3, 0.4) is 0 Å². The molecular weight excluding hydrogens is 216 g/mol. The lowest BCUT2D eigenvalue weighted by molar-refractivity contribution is -0.138. The number of carbonyl (C=O) groups excluding carboxylic acids is 2. The second-order valence-corrected chi connectivity index (χ2v) is 3.06. The van der Waals surface area contributed by atoms with Gasteiger partial charge in [-0.25, -0.2) is 9.59 Å². The highest BCUT2D eigenvalue weighted by atomic mass is 32.2. The predicted molar refractivity (Wildman–Crippen MR) is 59.1 cm³/mol. The molecule has 0 aliphatic rings. The Kier molecular flexibility index (Phi) is 8.56. The van der Waals surface area contributed by atoms with Crippen LogP contribution in [0.2, 0.25) is 0 Å². The predicted octanol–water partition coefficient (Wildman–Crippen LogP) is 1.87. The minimum Gasteiger partial charge on any atom is -0.463 e. The second kappa shape index (κ2) is 9.33. The fourth-order valence-corrected chi connectivity index (χ4v) is 1.09. The average Bonchev–Trinajstić information content (AvgIpc) is 2.18.